The molecular weight excluding hydrogens is 519 g/mol. The Balaban J connectivity index is 1.36. The van der Waals surface area contributed by atoms with Crippen molar-refractivity contribution in [1.29, 1.82) is 0 Å². The molecule has 0 fully saturated rings. The normalized spacial score (nSPS) is 12.8. The number of methoxy groups -OCH3 is 1. The minimum absolute atomic E-state index is 0.0603. The fourth-order valence-electron chi connectivity index (χ4n) is 4.14. The summed E-state index contributed by atoms with van der Waals surface area (Å²) in [4.78, 5) is 40.4. The number of benzene rings is 3. The molecule has 2 heterocycles. The second kappa shape index (κ2) is 10.1. The van der Waals surface area contributed by atoms with E-state index in [4.69, 9.17) is 32.7 Å². The Hall–Kier alpha value is -4.08. The second-order valence-corrected chi connectivity index (χ2v) is 9.15. The molecule has 11 heteroatoms. The summed E-state index contributed by atoms with van der Waals surface area (Å²) in [6.45, 7) is 1.04. The predicted molar refractivity (Wildman–Crippen MR) is 138 cm³/mol. The van der Waals surface area contributed by atoms with Crippen LogP contribution in [-0.4, -0.2) is 39.2 Å². The van der Waals surface area contributed by atoms with E-state index in [1.165, 1.54) is 12.1 Å². The van der Waals surface area contributed by atoms with E-state index in [0.29, 0.717) is 30.8 Å². The number of ether oxygens (including phenoxy) is 2. The lowest BCUT2D eigenvalue weighted by molar-refractivity contribution is 0.0727. The van der Waals surface area contributed by atoms with Gasteiger partial charge in [-0.3, -0.25) is 14.6 Å². The van der Waals surface area contributed by atoms with Crippen molar-refractivity contribution in [2.24, 2.45) is 0 Å². The molecule has 1 aliphatic heterocycles. The van der Waals surface area contributed by atoms with Gasteiger partial charge in [0.05, 0.1) is 22.8 Å². The number of amides is 1. The van der Waals surface area contributed by atoms with Crippen molar-refractivity contribution < 1.29 is 14.3 Å². The number of H-pyrrole nitrogens is 1. The topological polar surface area (TPSA) is 107 Å². The molecule has 4 aromatic rings. The highest BCUT2D eigenvalue weighted by Gasteiger charge is 2.25. The van der Waals surface area contributed by atoms with Gasteiger partial charge in [0.2, 0.25) is 0 Å². The summed E-state index contributed by atoms with van der Waals surface area (Å²) in [5, 5.41) is 4.08. The highest BCUT2D eigenvalue weighted by atomic mass is 35.5. The van der Waals surface area contributed by atoms with Crippen LogP contribution in [-0.2, 0) is 13.0 Å². The fourth-order valence-corrected chi connectivity index (χ4v) is 4.69. The van der Waals surface area contributed by atoms with Crippen molar-refractivity contribution in [1.82, 2.24) is 19.7 Å². The average molecular weight is 539 g/mol. The lowest BCUT2D eigenvalue weighted by atomic mass is 9.98. The maximum absolute atomic E-state index is 13.1. The Labute approximate surface area is 220 Å². The van der Waals surface area contributed by atoms with E-state index in [0.717, 1.165) is 27.8 Å². The van der Waals surface area contributed by atoms with Crippen LogP contribution in [0.2, 0.25) is 10.0 Å². The molecule has 0 aliphatic carbocycles. The van der Waals surface area contributed by atoms with Crippen molar-refractivity contribution in [2.75, 3.05) is 13.7 Å². The van der Waals surface area contributed by atoms with E-state index in [9.17, 15) is 14.4 Å². The predicted octanol–water partition coefficient (Wildman–Crippen LogP) is 4.23. The highest BCUT2D eigenvalue weighted by molar-refractivity contribution is 6.37. The molecule has 1 aromatic heterocycles. The van der Waals surface area contributed by atoms with Crippen LogP contribution < -0.4 is 20.7 Å². The van der Waals surface area contributed by atoms with Crippen LogP contribution in [0.4, 0.5) is 0 Å². The van der Waals surface area contributed by atoms with Crippen LogP contribution in [0.1, 0.15) is 21.5 Å². The van der Waals surface area contributed by atoms with Crippen molar-refractivity contribution in [2.45, 2.75) is 13.0 Å². The first-order valence-electron chi connectivity index (χ1n) is 11.2. The minimum Gasteiger partial charge on any atom is -0.497 e. The molecule has 0 saturated carbocycles. The summed E-state index contributed by atoms with van der Waals surface area (Å²) in [5.41, 5.74) is 1.37. The SMILES string of the molecule is COc1cccc(CN2CCc3cc(Oc4c(Cl)cc(-n5ncc(=O)[nH]c5=O)cc4Cl)ccc3C2=O)c1. The molecule has 0 spiro atoms. The van der Waals surface area contributed by atoms with Crippen LogP contribution in [0.25, 0.3) is 5.69 Å². The molecule has 1 N–H and O–H groups in total. The number of aromatic amines is 1. The Morgan fingerprint density at radius 3 is 2.51 bits per heavy atom. The van der Waals surface area contributed by atoms with E-state index in [2.05, 4.69) is 10.1 Å². The summed E-state index contributed by atoms with van der Waals surface area (Å²) >= 11 is 12.8. The number of fused-ring (bicyclic) bond motifs is 1. The van der Waals surface area contributed by atoms with Crippen LogP contribution in [0.5, 0.6) is 17.2 Å². The zero-order valence-electron chi connectivity index (χ0n) is 19.5. The summed E-state index contributed by atoms with van der Waals surface area (Å²) in [6, 6.07) is 15.8. The Bertz CT molecular complexity index is 1610. The van der Waals surface area contributed by atoms with Gasteiger partial charge in [-0.25, -0.2) is 4.79 Å². The maximum Gasteiger partial charge on any atom is 0.349 e. The third kappa shape index (κ3) is 5.09. The molecule has 1 aliphatic rings. The summed E-state index contributed by atoms with van der Waals surface area (Å²) in [6.07, 6.45) is 1.63. The molecular formula is C26H20Cl2N4O5. The van der Waals surface area contributed by atoms with Gasteiger partial charge in [0.1, 0.15) is 17.7 Å². The number of carbonyl (C=O) groups is 1. The van der Waals surface area contributed by atoms with E-state index in [-0.39, 0.29) is 27.4 Å². The molecule has 5 rings (SSSR count). The monoisotopic (exact) mass is 538 g/mol. The zero-order valence-corrected chi connectivity index (χ0v) is 21.0. The van der Waals surface area contributed by atoms with Gasteiger partial charge in [0.15, 0.2) is 5.75 Å². The van der Waals surface area contributed by atoms with Crippen LogP contribution in [0.15, 0.2) is 70.4 Å². The van der Waals surface area contributed by atoms with Crippen LogP contribution in [0, 0.1) is 0 Å². The molecule has 3 aromatic carbocycles. The number of carbonyl (C=O) groups excluding carboxylic acids is 1. The number of nitrogens with one attached hydrogen (secondary N) is 1. The van der Waals surface area contributed by atoms with Crippen molar-refractivity contribution in [3.8, 4) is 22.9 Å². The summed E-state index contributed by atoms with van der Waals surface area (Å²) < 4.78 is 12.2. The third-order valence-corrected chi connectivity index (χ3v) is 6.47. The third-order valence-electron chi connectivity index (χ3n) is 5.91. The van der Waals surface area contributed by atoms with Gasteiger partial charge in [-0.05, 0) is 60.0 Å². The molecule has 0 radical (unpaired) electrons. The number of aromatic nitrogens is 3. The van der Waals surface area contributed by atoms with Crippen molar-refractivity contribution in [3.05, 3.63) is 108 Å². The summed E-state index contributed by atoms with van der Waals surface area (Å²) in [7, 11) is 1.61. The minimum atomic E-state index is -0.729. The van der Waals surface area contributed by atoms with Gasteiger partial charge in [-0.2, -0.15) is 9.78 Å². The van der Waals surface area contributed by atoms with Gasteiger partial charge in [0, 0.05) is 18.7 Å². The first-order chi connectivity index (χ1) is 17.8. The number of nitrogens with zero attached hydrogens (tertiary/aromatic N) is 3. The number of hydrogen-bond donors (Lipinski definition) is 1. The van der Waals surface area contributed by atoms with Gasteiger partial charge in [0.25, 0.3) is 11.5 Å². The Morgan fingerprint density at radius 1 is 1.00 bits per heavy atom. The number of halogens is 2. The molecule has 0 saturated heterocycles. The molecule has 1 amide bonds. The maximum atomic E-state index is 13.1. The molecule has 37 heavy (non-hydrogen) atoms. The smallest absolute Gasteiger partial charge is 0.349 e. The van der Waals surface area contributed by atoms with E-state index < -0.39 is 11.2 Å². The van der Waals surface area contributed by atoms with Crippen LogP contribution in [0.3, 0.4) is 0 Å². The molecule has 188 valence electrons. The van der Waals surface area contributed by atoms with Gasteiger partial charge < -0.3 is 14.4 Å². The molecule has 0 atom stereocenters. The van der Waals surface area contributed by atoms with E-state index in [1.807, 2.05) is 24.3 Å². The quantitative estimate of drug-likeness (QED) is 0.393. The molecule has 9 nitrogen and oxygen atoms in total. The summed E-state index contributed by atoms with van der Waals surface area (Å²) in [5.74, 6) is 1.33. The van der Waals surface area contributed by atoms with Gasteiger partial charge >= 0.3 is 5.69 Å². The fraction of sp³-hybridized carbons (Fsp3) is 0.154. The molecule has 0 bridgehead atoms. The highest BCUT2D eigenvalue weighted by Crippen LogP contribution is 2.39. The van der Waals surface area contributed by atoms with E-state index in [1.54, 1.807) is 30.2 Å². The van der Waals surface area contributed by atoms with Crippen LogP contribution >= 0.6 is 23.2 Å². The Kier molecular flexibility index (Phi) is 6.73. The zero-order chi connectivity index (χ0) is 26.1. The van der Waals surface area contributed by atoms with E-state index >= 15 is 0 Å². The number of hydrogen-bond acceptors (Lipinski definition) is 6. The van der Waals surface area contributed by atoms with Gasteiger partial charge in [-0.1, -0.05) is 35.3 Å². The second-order valence-electron chi connectivity index (χ2n) is 8.34. The molecule has 0 unspecified atom stereocenters. The number of rotatable bonds is 6. The lowest BCUT2D eigenvalue weighted by Gasteiger charge is -2.29. The largest absolute Gasteiger partial charge is 0.497 e. The first kappa shape index (κ1) is 24.6. The lowest BCUT2D eigenvalue weighted by Crippen LogP contribution is -2.37. The van der Waals surface area contributed by atoms with Crippen molar-refractivity contribution >= 4 is 29.1 Å². The standard InChI is InChI=1S/C26H20Cl2N4O5/c1-36-18-4-2-3-15(9-18)14-31-8-7-16-10-19(5-6-20(16)25(31)34)37-24-21(27)11-17(12-22(24)28)32-26(35)30-23(33)13-29-32/h2-6,9-13H,7-8,14H2,1H3,(H,30,33,35). The average Bonchev–Trinajstić information content (AvgIpc) is 2.88. The first-order valence-corrected chi connectivity index (χ1v) is 12.0. The van der Waals surface area contributed by atoms with Gasteiger partial charge in [-0.15, -0.1) is 0 Å². The Morgan fingerprint density at radius 2 is 1.78 bits per heavy atom. The van der Waals surface area contributed by atoms with Crippen molar-refractivity contribution in [3.63, 3.8) is 0 Å².